The zero-order valence-electron chi connectivity index (χ0n) is 19.0. The topological polar surface area (TPSA) is 92.5 Å². The number of hydrogen-bond acceptors (Lipinski definition) is 7. The molecule has 8 unspecified atom stereocenters. The van der Waals surface area contributed by atoms with Gasteiger partial charge in [0.15, 0.2) is 0 Å². The molecule has 0 bridgehead atoms. The summed E-state index contributed by atoms with van der Waals surface area (Å²) in [4.78, 5) is 12.7. The van der Waals surface area contributed by atoms with Crippen LogP contribution in [0.25, 0.3) is 0 Å². The zero-order chi connectivity index (χ0) is 21.1. The van der Waals surface area contributed by atoms with Crippen LogP contribution in [0.3, 0.4) is 0 Å². The van der Waals surface area contributed by atoms with Gasteiger partial charge in [0, 0.05) is 31.2 Å². The number of hydrogen-bond donors (Lipinski definition) is 6. The van der Waals surface area contributed by atoms with Gasteiger partial charge in [-0.3, -0.25) is 20.7 Å². The fourth-order valence-electron chi connectivity index (χ4n) is 5.73. The highest BCUT2D eigenvalue weighted by atomic mass is 16.2. The maximum atomic E-state index is 12.7. The lowest BCUT2D eigenvalue weighted by Crippen LogP contribution is -2.66. The predicted octanol–water partition coefficient (Wildman–Crippen LogP) is 0.0813. The Morgan fingerprint density at radius 3 is 2.67 bits per heavy atom. The number of carbonyl (C=O) groups is 1. The van der Waals surface area contributed by atoms with Crippen molar-refractivity contribution in [3.63, 3.8) is 0 Å². The minimum atomic E-state index is -0.0951. The lowest BCUT2D eigenvalue weighted by molar-refractivity contribution is -0.124. The maximum Gasteiger partial charge on any atom is 0.238 e. The molecule has 3 saturated heterocycles. The number of piperidine rings is 1. The molecule has 8 atom stereocenters. The fraction of sp³-hybridized carbons (Fsp3) is 0.955. The Bertz CT molecular complexity index is 560. The molecule has 0 aromatic heterocycles. The first-order chi connectivity index (χ1) is 14.5. The number of carbonyl (C=O) groups excluding carboxylic acids is 1. The van der Waals surface area contributed by atoms with Gasteiger partial charge in [-0.25, -0.2) is 10.4 Å². The van der Waals surface area contributed by atoms with Gasteiger partial charge in [-0.05, 0) is 83.3 Å². The van der Waals surface area contributed by atoms with E-state index >= 15 is 0 Å². The molecule has 3 heterocycles. The van der Waals surface area contributed by atoms with E-state index in [9.17, 15) is 4.79 Å². The number of nitrogens with zero attached hydrogens (tertiary/aromatic N) is 1. The van der Waals surface area contributed by atoms with Crippen LogP contribution in [-0.2, 0) is 4.79 Å². The summed E-state index contributed by atoms with van der Waals surface area (Å²) in [5.74, 6) is 1.51. The molecule has 4 aliphatic rings. The predicted molar refractivity (Wildman–Crippen MR) is 120 cm³/mol. The van der Waals surface area contributed by atoms with Crippen LogP contribution in [0.15, 0.2) is 0 Å². The summed E-state index contributed by atoms with van der Waals surface area (Å²) in [6.45, 7) is 7.87. The van der Waals surface area contributed by atoms with Crippen molar-refractivity contribution >= 4 is 5.91 Å². The average molecular weight is 422 g/mol. The van der Waals surface area contributed by atoms with Gasteiger partial charge >= 0.3 is 0 Å². The van der Waals surface area contributed by atoms with Gasteiger partial charge in [0.2, 0.25) is 5.91 Å². The molecule has 1 saturated carbocycles. The number of amides is 1. The van der Waals surface area contributed by atoms with Gasteiger partial charge in [0.1, 0.15) is 12.3 Å². The fourth-order valence-corrected chi connectivity index (χ4v) is 5.73. The third-order valence-corrected chi connectivity index (χ3v) is 7.93. The minimum Gasteiger partial charge on any atom is -0.352 e. The van der Waals surface area contributed by atoms with Gasteiger partial charge in [0.05, 0.1) is 0 Å². The summed E-state index contributed by atoms with van der Waals surface area (Å²) < 4.78 is 0. The van der Waals surface area contributed by atoms with Gasteiger partial charge in [-0.1, -0.05) is 6.92 Å². The SMILES string of the molecule is CC1CCC(NC(=O)C2CC(C)N(C)N2)CC1NC1NCCC(C2CCCNC2)N1. The molecule has 0 aromatic rings. The maximum absolute atomic E-state index is 12.7. The molecule has 6 N–H and O–H groups in total. The van der Waals surface area contributed by atoms with Crippen molar-refractivity contribution in [2.75, 3.05) is 26.7 Å². The first kappa shape index (κ1) is 22.4. The van der Waals surface area contributed by atoms with Crippen LogP contribution in [0.2, 0.25) is 0 Å². The van der Waals surface area contributed by atoms with E-state index in [0.29, 0.717) is 24.0 Å². The monoisotopic (exact) mass is 421 g/mol. The van der Waals surface area contributed by atoms with E-state index < -0.39 is 0 Å². The summed E-state index contributed by atoms with van der Waals surface area (Å²) in [5.41, 5.74) is 3.30. The van der Waals surface area contributed by atoms with E-state index in [1.807, 2.05) is 7.05 Å². The van der Waals surface area contributed by atoms with Crippen LogP contribution in [0.1, 0.15) is 58.8 Å². The molecular weight excluding hydrogens is 378 g/mol. The van der Waals surface area contributed by atoms with E-state index in [4.69, 9.17) is 0 Å². The third-order valence-electron chi connectivity index (χ3n) is 7.93. The summed E-state index contributed by atoms with van der Waals surface area (Å²) in [6.07, 6.45) is 8.09. The zero-order valence-corrected chi connectivity index (χ0v) is 19.0. The molecule has 8 nitrogen and oxygen atoms in total. The lowest BCUT2D eigenvalue weighted by Gasteiger charge is -2.42. The Kier molecular flexibility index (Phi) is 7.65. The van der Waals surface area contributed by atoms with Crippen molar-refractivity contribution in [3.05, 3.63) is 0 Å². The number of hydrazine groups is 1. The molecule has 172 valence electrons. The molecule has 30 heavy (non-hydrogen) atoms. The van der Waals surface area contributed by atoms with Crippen molar-refractivity contribution in [2.45, 2.75) is 95.3 Å². The molecule has 1 aliphatic carbocycles. The highest BCUT2D eigenvalue weighted by molar-refractivity contribution is 5.82. The van der Waals surface area contributed by atoms with Crippen LogP contribution < -0.4 is 32.0 Å². The minimum absolute atomic E-state index is 0.0951. The molecule has 3 aliphatic heterocycles. The first-order valence-electron chi connectivity index (χ1n) is 12.2. The smallest absolute Gasteiger partial charge is 0.238 e. The Balaban J connectivity index is 1.26. The second-order valence-corrected chi connectivity index (χ2v) is 10.2. The quantitative estimate of drug-likeness (QED) is 0.375. The number of rotatable bonds is 5. The van der Waals surface area contributed by atoms with Crippen LogP contribution >= 0.6 is 0 Å². The van der Waals surface area contributed by atoms with Crippen molar-refractivity contribution in [1.29, 1.82) is 0 Å². The van der Waals surface area contributed by atoms with Crippen LogP contribution in [0.4, 0.5) is 0 Å². The molecule has 4 rings (SSSR count). The molecule has 8 heteroatoms. The average Bonchev–Trinajstić information content (AvgIpc) is 3.10. The van der Waals surface area contributed by atoms with Gasteiger partial charge in [0.25, 0.3) is 0 Å². The van der Waals surface area contributed by atoms with Gasteiger partial charge in [-0.2, -0.15) is 0 Å². The molecule has 1 amide bonds. The number of nitrogens with one attached hydrogen (secondary N) is 6. The normalized spacial score (nSPS) is 43.4. The standard InChI is InChI=1S/C22H43N7O/c1-14-6-7-17(25-21(30)20-11-15(2)29(3)28-20)12-19(14)27-22-24-10-8-18(26-22)16-5-4-9-23-13-16/h14-20,22-24,26-28H,4-13H2,1-3H3,(H,25,30). The van der Waals surface area contributed by atoms with Crippen LogP contribution in [0.5, 0.6) is 0 Å². The van der Waals surface area contributed by atoms with Gasteiger partial charge in [-0.15, -0.1) is 0 Å². The molecule has 0 radical (unpaired) electrons. The Morgan fingerprint density at radius 2 is 1.93 bits per heavy atom. The lowest BCUT2D eigenvalue weighted by atomic mass is 9.82. The van der Waals surface area contributed by atoms with E-state index in [1.165, 1.54) is 25.8 Å². The third kappa shape index (κ3) is 5.53. The molecule has 0 aromatic carbocycles. The highest BCUT2D eigenvalue weighted by Crippen LogP contribution is 2.26. The van der Waals surface area contributed by atoms with Crippen molar-refractivity contribution in [2.24, 2.45) is 11.8 Å². The summed E-state index contributed by atoms with van der Waals surface area (Å²) in [6, 6.07) is 1.56. The highest BCUT2D eigenvalue weighted by Gasteiger charge is 2.36. The van der Waals surface area contributed by atoms with Crippen molar-refractivity contribution in [1.82, 2.24) is 37.0 Å². The summed E-state index contributed by atoms with van der Waals surface area (Å²) >= 11 is 0. The van der Waals surface area contributed by atoms with E-state index in [-0.39, 0.29) is 24.3 Å². The van der Waals surface area contributed by atoms with Crippen molar-refractivity contribution < 1.29 is 4.79 Å². The van der Waals surface area contributed by atoms with E-state index in [1.54, 1.807) is 0 Å². The largest absolute Gasteiger partial charge is 0.352 e. The van der Waals surface area contributed by atoms with Crippen LogP contribution in [0, 0.1) is 11.8 Å². The Morgan fingerprint density at radius 1 is 1.07 bits per heavy atom. The molecule has 0 spiro atoms. The van der Waals surface area contributed by atoms with Crippen molar-refractivity contribution in [3.8, 4) is 0 Å². The first-order valence-corrected chi connectivity index (χ1v) is 12.2. The second kappa shape index (κ2) is 10.2. The molecule has 4 fully saturated rings. The van der Waals surface area contributed by atoms with E-state index in [0.717, 1.165) is 44.7 Å². The Hall–Kier alpha value is -0.770. The summed E-state index contributed by atoms with van der Waals surface area (Å²) in [5, 5.41) is 20.2. The van der Waals surface area contributed by atoms with E-state index in [2.05, 4.69) is 50.9 Å². The Labute approximate surface area is 182 Å². The second-order valence-electron chi connectivity index (χ2n) is 10.2. The van der Waals surface area contributed by atoms with Gasteiger partial charge < -0.3 is 10.6 Å². The molecular formula is C22H43N7O. The summed E-state index contributed by atoms with van der Waals surface area (Å²) in [7, 11) is 2.01. The van der Waals surface area contributed by atoms with Crippen LogP contribution in [-0.4, -0.2) is 74.1 Å².